The number of nitrogens with zero attached hydrogens (tertiary/aromatic N) is 1. The summed E-state index contributed by atoms with van der Waals surface area (Å²) in [5.41, 5.74) is 0.812. The first-order chi connectivity index (χ1) is 10.1. The van der Waals surface area contributed by atoms with Gasteiger partial charge in [0.2, 0.25) is 11.8 Å². The number of piperidine rings is 1. The first-order valence-corrected chi connectivity index (χ1v) is 6.95. The van der Waals surface area contributed by atoms with E-state index in [9.17, 15) is 14.4 Å². The Morgan fingerprint density at radius 1 is 1.24 bits per heavy atom. The van der Waals surface area contributed by atoms with E-state index in [1.54, 1.807) is 4.90 Å². The van der Waals surface area contributed by atoms with Crippen LogP contribution in [-0.2, 0) is 14.4 Å². The maximum atomic E-state index is 12.4. The zero-order valence-corrected chi connectivity index (χ0v) is 11.6. The van der Waals surface area contributed by atoms with Gasteiger partial charge in [0.15, 0.2) is 0 Å². The molecule has 0 aliphatic carbocycles. The van der Waals surface area contributed by atoms with Crippen molar-refractivity contribution in [1.29, 1.82) is 0 Å². The summed E-state index contributed by atoms with van der Waals surface area (Å²) in [5, 5.41) is 11.2. The van der Waals surface area contributed by atoms with Gasteiger partial charge in [-0.1, -0.05) is 18.2 Å². The van der Waals surface area contributed by atoms with Crippen LogP contribution >= 0.6 is 0 Å². The number of aliphatic carboxylic acids is 1. The molecule has 1 unspecified atom stereocenters. The smallest absolute Gasteiger partial charge is 0.303 e. The summed E-state index contributed by atoms with van der Waals surface area (Å²) in [6.07, 6.45) is 1.05. The van der Waals surface area contributed by atoms with Gasteiger partial charge in [-0.2, -0.15) is 0 Å². The molecule has 1 aromatic carbocycles. The number of rotatable bonds is 5. The van der Waals surface area contributed by atoms with E-state index in [2.05, 4.69) is 5.32 Å². The molecule has 112 valence electrons. The topological polar surface area (TPSA) is 86.7 Å². The number of amides is 2. The van der Waals surface area contributed by atoms with Crippen LogP contribution in [0.3, 0.4) is 0 Å². The summed E-state index contributed by atoms with van der Waals surface area (Å²) in [5.74, 6) is -1.56. The molecule has 2 rings (SSSR count). The highest BCUT2D eigenvalue weighted by molar-refractivity contribution is 6.00. The van der Waals surface area contributed by atoms with Crippen LogP contribution in [0.25, 0.3) is 0 Å². The largest absolute Gasteiger partial charge is 0.481 e. The van der Waals surface area contributed by atoms with E-state index in [0.29, 0.717) is 13.0 Å². The summed E-state index contributed by atoms with van der Waals surface area (Å²) in [6, 6.07) is 8.73. The van der Waals surface area contributed by atoms with E-state index < -0.39 is 17.9 Å². The van der Waals surface area contributed by atoms with Crippen LogP contribution in [0.4, 0.5) is 5.69 Å². The highest BCUT2D eigenvalue weighted by Gasteiger charge is 2.30. The Bertz CT molecular complexity index is 530. The van der Waals surface area contributed by atoms with Crippen LogP contribution in [0.5, 0.6) is 0 Å². The minimum atomic E-state index is -1.02. The van der Waals surface area contributed by atoms with Gasteiger partial charge in [0.05, 0.1) is 6.42 Å². The van der Waals surface area contributed by atoms with Crippen molar-refractivity contribution in [1.82, 2.24) is 5.32 Å². The van der Waals surface area contributed by atoms with Crippen molar-refractivity contribution in [3.8, 4) is 0 Å². The predicted molar refractivity (Wildman–Crippen MR) is 76.8 cm³/mol. The molecular weight excluding hydrogens is 272 g/mol. The Kier molecular flexibility index (Phi) is 4.92. The first kappa shape index (κ1) is 15.0. The molecule has 21 heavy (non-hydrogen) atoms. The Morgan fingerprint density at radius 3 is 2.62 bits per heavy atom. The highest BCUT2D eigenvalue weighted by Crippen LogP contribution is 2.20. The van der Waals surface area contributed by atoms with Crippen molar-refractivity contribution in [3.63, 3.8) is 0 Å². The van der Waals surface area contributed by atoms with E-state index in [-0.39, 0.29) is 18.7 Å². The second kappa shape index (κ2) is 6.88. The summed E-state index contributed by atoms with van der Waals surface area (Å²) >= 11 is 0. The number of anilines is 1. The molecule has 0 saturated carbocycles. The third-order valence-corrected chi connectivity index (χ3v) is 3.41. The van der Waals surface area contributed by atoms with Crippen LogP contribution < -0.4 is 10.2 Å². The molecule has 1 aliphatic heterocycles. The summed E-state index contributed by atoms with van der Waals surface area (Å²) in [4.78, 5) is 36.2. The normalized spacial score (nSPS) is 18.4. The van der Waals surface area contributed by atoms with Crippen molar-refractivity contribution in [2.75, 3.05) is 11.4 Å². The molecular formula is C15H18N2O4. The quantitative estimate of drug-likeness (QED) is 0.852. The summed E-state index contributed by atoms with van der Waals surface area (Å²) in [6.45, 7) is 0.629. The lowest BCUT2D eigenvalue weighted by Gasteiger charge is -2.32. The Labute approximate surface area is 122 Å². The number of carboxylic acid groups (broad SMARTS) is 1. The molecule has 6 nitrogen and oxygen atoms in total. The van der Waals surface area contributed by atoms with Gasteiger partial charge in [0.1, 0.15) is 6.04 Å². The molecule has 1 heterocycles. The lowest BCUT2D eigenvalue weighted by Crippen LogP contribution is -2.52. The highest BCUT2D eigenvalue weighted by atomic mass is 16.4. The van der Waals surface area contributed by atoms with E-state index in [0.717, 1.165) is 12.1 Å². The zero-order chi connectivity index (χ0) is 15.2. The Hall–Kier alpha value is -2.37. The standard InChI is InChI=1S/C15H18N2O4/c18-13(8-9-14(19)20)16-12-7-4-10-17(15(12)21)11-5-2-1-3-6-11/h1-3,5-6,12H,4,7-10H2,(H,16,18)(H,19,20). The lowest BCUT2D eigenvalue weighted by atomic mass is 10.0. The van der Waals surface area contributed by atoms with Gasteiger partial charge in [-0.05, 0) is 25.0 Å². The van der Waals surface area contributed by atoms with Gasteiger partial charge in [-0.3, -0.25) is 14.4 Å². The number of carboxylic acids is 1. The minimum Gasteiger partial charge on any atom is -0.481 e. The van der Waals surface area contributed by atoms with Crippen molar-refractivity contribution < 1.29 is 19.5 Å². The van der Waals surface area contributed by atoms with Crippen LogP contribution in [0.15, 0.2) is 30.3 Å². The first-order valence-electron chi connectivity index (χ1n) is 6.95. The fraction of sp³-hybridized carbons (Fsp3) is 0.400. The third-order valence-electron chi connectivity index (χ3n) is 3.41. The van der Waals surface area contributed by atoms with Crippen LogP contribution in [-0.4, -0.2) is 35.5 Å². The molecule has 1 saturated heterocycles. The molecule has 1 atom stereocenters. The molecule has 1 fully saturated rings. The summed E-state index contributed by atoms with van der Waals surface area (Å²) < 4.78 is 0. The third kappa shape index (κ3) is 4.05. The number of carbonyl (C=O) groups is 3. The monoisotopic (exact) mass is 290 g/mol. The summed E-state index contributed by atoms with van der Waals surface area (Å²) in [7, 11) is 0. The molecule has 1 aromatic rings. The van der Waals surface area contributed by atoms with Crippen LogP contribution in [0.2, 0.25) is 0 Å². The Balaban J connectivity index is 1.97. The maximum Gasteiger partial charge on any atom is 0.303 e. The fourth-order valence-corrected chi connectivity index (χ4v) is 2.36. The lowest BCUT2D eigenvalue weighted by molar-refractivity contribution is -0.139. The molecule has 0 spiro atoms. The molecule has 6 heteroatoms. The van der Waals surface area contributed by atoms with Gasteiger partial charge >= 0.3 is 5.97 Å². The molecule has 1 aliphatic rings. The molecule has 2 amide bonds. The second-order valence-corrected chi connectivity index (χ2v) is 4.98. The van der Waals surface area contributed by atoms with Crippen LogP contribution in [0, 0.1) is 0 Å². The number of nitrogens with one attached hydrogen (secondary N) is 1. The van der Waals surface area contributed by atoms with Crippen molar-refractivity contribution in [3.05, 3.63) is 30.3 Å². The molecule has 0 aromatic heterocycles. The fourth-order valence-electron chi connectivity index (χ4n) is 2.36. The van der Waals surface area contributed by atoms with Gasteiger partial charge in [-0.25, -0.2) is 0 Å². The second-order valence-electron chi connectivity index (χ2n) is 4.98. The van der Waals surface area contributed by atoms with Gasteiger partial charge in [0, 0.05) is 18.7 Å². The molecule has 0 radical (unpaired) electrons. The van der Waals surface area contributed by atoms with E-state index in [1.165, 1.54) is 0 Å². The van der Waals surface area contributed by atoms with E-state index in [1.807, 2.05) is 30.3 Å². The van der Waals surface area contributed by atoms with E-state index in [4.69, 9.17) is 5.11 Å². The maximum absolute atomic E-state index is 12.4. The van der Waals surface area contributed by atoms with Gasteiger partial charge in [-0.15, -0.1) is 0 Å². The average molecular weight is 290 g/mol. The number of hydrogen-bond donors (Lipinski definition) is 2. The zero-order valence-electron chi connectivity index (χ0n) is 11.6. The number of benzene rings is 1. The number of hydrogen-bond acceptors (Lipinski definition) is 3. The van der Waals surface area contributed by atoms with Gasteiger partial charge < -0.3 is 15.3 Å². The van der Waals surface area contributed by atoms with Crippen molar-refractivity contribution >= 4 is 23.5 Å². The average Bonchev–Trinajstić information content (AvgIpc) is 2.48. The molecule has 0 bridgehead atoms. The number of carbonyl (C=O) groups excluding carboxylic acids is 2. The van der Waals surface area contributed by atoms with E-state index >= 15 is 0 Å². The Morgan fingerprint density at radius 2 is 1.95 bits per heavy atom. The van der Waals surface area contributed by atoms with Crippen molar-refractivity contribution in [2.24, 2.45) is 0 Å². The predicted octanol–water partition coefficient (Wildman–Crippen LogP) is 1.16. The number of para-hydroxylation sites is 1. The SMILES string of the molecule is O=C(O)CCC(=O)NC1CCCN(c2ccccc2)C1=O. The van der Waals surface area contributed by atoms with Crippen LogP contribution in [0.1, 0.15) is 25.7 Å². The molecule has 2 N–H and O–H groups in total. The minimum absolute atomic E-state index is 0.107. The van der Waals surface area contributed by atoms with Crippen molar-refractivity contribution in [2.45, 2.75) is 31.7 Å². The van der Waals surface area contributed by atoms with Gasteiger partial charge in [0.25, 0.3) is 0 Å².